The topological polar surface area (TPSA) is 33.7 Å². The van der Waals surface area contributed by atoms with Crippen molar-refractivity contribution in [3.8, 4) is 0 Å². The molecule has 3 atom stereocenters. The number of nitrogens with zero attached hydrogens (tertiary/aromatic N) is 1. The first kappa shape index (κ1) is 16.2. The first-order chi connectivity index (χ1) is 9.81. The van der Waals surface area contributed by atoms with Gasteiger partial charge in [-0.15, -0.1) is 0 Å². The number of likely N-dealkylation sites (N-methyl/N-ethyl adjacent to an activating group) is 1. The minimum Gasteiger partial charge on any atom is -0.377 e. The Morgan fingerprint density at radius 1 is 1.20 bits per heavy atom. The Hall–Kier alpha value is -0.160. The van der Waals surface area contributed by atoms with Crippen molar-refractivity contribution in [2.75, 3.05) is 39.3 Å². The monoisotopic (exact) mass is 284 g/mol. The molecule has 0 aromatic heterocycles. The quantitative estimate of drug-likeness (QED) is 0.739. The average Bonchev–Trinajstić information content (AvgIpc) is 2.91. The molecule has 1 N–H and O–H groups in total. The first-order valence-corrected chi connectivity index (χ1v) is 8.52. The molecule has 2 aliphatic heterocycles. The molecule has 0 saturated carbocycles. The van der Waals surface area contributed by atoms with Crippen LogP contribution in [0.15, 0.2) is 0 Å². The van der Waals surface area contributed by atoms with E-state index in [0.29, 0.717) is 18.3 Å². The lowest BCUT2D eigenvalue weighted by molar-refractivity contribution is -0.0244. The minimum absolute atomic E-state index is 0.428. The van der Waals surface area contributed by atoms with Crippen molar-refractivity contribution in [1.29, 1.82) is 0 Å². The minimum atomic E-state index is 0.428. The summed E-state index contributed by atoms with van der Waals surface area (Å²) in [6.45, 7) is 10.7. The maximum Gasteiger partial charge on any atom is 0.0707 e. The highest BCUT2D eigenvalue weighted by Gasteiger charge is 2.28. The molecule has 0 aliphatic carbocycles. The lowest BCUT2D eigenvalue weighted by atomic mass is 10.1. The van der Waals surface area contributed by atoms with E-state index in [1.807, 2.05) is 0 Å². The van der Waals surface area contributed by atoms with E-state index in [0.717, 1.165) is 39.2 Å². The molecule has 2 aliphatic rings. The molecule has 0 aromatic carbocycles. The SMILES string of the molecule is CCCOC1CCCN(CC2CCC(CNCC)O2)C1. The number of nitrogens with one attached hydrogen (secondary N) is 1. The molecule has 3 unspecified atom stereocenters. The highest BCUT2D eigenvalue weighted by Crippen LogP contribution is 2.22. The second-order valence-electron chi connectivity index (χ2n) is 6.16. The summed E-state index contributed by atoms with van der Waals surface area (Å²) in [7, 11) is 0. The van der Waals surface area contributed by atoms with Gasteiger partial charge in [0.15, 0.2) is 0 Å². The fourth-order valence-corrected chi connectivity index (χ4v) is 3.26. The predicted molar refractivity (Wildman–Crippen MR) is 82.1 cm³/mol. The Morgan fingerprint density at radius 3 is 2.85 bits per heavy atom. The molecule has 118 valence electrons. The molecule has 20 heavy (non-hydrogen) atoms. The smallest absolute Gasteiger partial charge is 0.0707 e. The standard InChI is InChI=1S/C16H32N2O2/c1-3-10-19-15-6-5-9-18(12-15)13-16-8-7-14(20-16)11-17-4-2/h14-17H,3-13H2,1-2H3. The molecule has 4 nitrogen and oxygen atoms in total. The molecule has 0 amide bonds. The van der Waals surface area contributed by atoms with Crippen LogP contribution < -0.4 is 5.32 Å². The molecule has 0 bridgehead atoms. The third-order valence-electron chi connectivity index (χ3n) is 4.30. The van der Waals surface area contributed by atoms with E-state index >= 15 is 0 Å². The molecule has 0 radical (unpaired) electrons. The van der Waals surface area contributed by atoms with Crippen molar-refractivity contribution < 1.29 is 9.47 Å². The third kappa shape index (κ3) is 5.32. The summed E-state index contributed by atoms with van der Waals surface area (Å²) < 4.78 is 12.0. The van der Waals surface area contributed by atoms with E-state index < -0.39 is 0 Å². The van der Waals surface area contributed by atoms with Gasteiger partial charge in [-0.3, -0.25) is 4.90 Å². The lowest BCUT2D eigenvalue weighted by Gasteiger charge is -2.34. The van der Waals surface area contributed by atoms with Crippen molar-refractivity contribution in [3.05, 3.63) is 0 Å². The zero-order valence-corrected chi connectivity index (χ0v) is 13.3. The molecule has 0 aromatic rings. The lowest BCUT2D eigenvalue weighted by Crippen LogP contribution is -2.43. The van der Waals surface area contributed by atoms with Crippen LogP contribution in [0.4, 0.5) is 0 Å². The van der Waals surface area contributed by atoms with Crippen molar-refractivity contribution in [2.45, 2.75) is 64.3 Å². The van der Waals surface area contributed by atoms with Crippen LogP contribution in [0.1, 0.15) is 46.0 Å². The number of hydrogen-bond donors (Lipinski definition) is 1. The molecular weight excluding hydrogens is 252 g/mol. The van der Waals surface area contributed by atoms with Gasteiger partial charge in [0.05, 0.1) is 18.3 Å². The Bertz CT molecular complexity index is 263. The molecule has 0 spiro atoms. The fourth-order valence-electron chi connectivity index (χ4n) is 3.26. The van der Waals surface area contributed by atoms with Crippen molar-refractivity contribution >= 4 is 0 Å². The summed E-state index contributed by atoms with van der Waals surface area (Å²) in [5.41, 5.74) is 0. The van der Waals surface area contributed by atoms with E-state index in [9.17, 15) is 0 Å². The van der Waals surface area contributed by atoms with Crippen LogP contribution in [0, 0.1) is 0 Å². The summed E-state index contributed by atoms with van der Waals surface area (Å²) in [6, 6.07) is 0. The van der Waals surface area contributed by atoms with Crippen LogP contribution in [0.5, 0.6) is 0 Å². The van der Waals surface area contributed by atoms with E-state index in [-0.39, 0.29) is 0 Å². The van der Waals surface area contributed by atoms with Gasteiger partial charge in [-0.05, 0) is 45.2 Å². The highest BCUT2D eigenvalue weighted by molar-refractivity contribution is 4.81. The number of likely N-dealkylation sites (tertiary alicyclic amines) is 1. The summed E-state index contributed by atoms with van der Waals surface area (Å²) in [5.74, 6) is 0. The Balaban J connectivity index is 1.65. The van der Waals surface area contributed by atoms with Crippen LogP contribution >= 0.6 is 0 Å². The molecule has 2 fully saturated rings. The van der Waals surface area contributed by atoms with Crippen LogP contribution in [0.3, 0.4) is 0 Å². The van der Waals surface area contributed by atoms with Crippen LogP contribution in [-0.2, 0) is 9.47 Å². The van der Waals surface area contributed by atoms with Crippen LogP contribution in [0.2, 0.25) is 0 Å². The maximum absolute atomic E-state index is 6.14. The van der Waals surface area contributed by atoms with Gasteiger partial charge < -0.3 is 14.8 Å². The molecule has 2 rings (SSSR count). The fraction of sp³-hybridized carbons (Fsp3) is 1.00. The molecule has 4 heteroatoms. The van der Waals surface area contributed by atoms with E-state index in [1.54, 1.807) is 0 Å². The largest absolute Gasteiger partial charge is 0.377 e. The number of ether oxygens (including phenoxy) is 2. The number of piperidine rings is 1. The van der Waals surface area contributed by atoms with Gasteiger partial charge in [0, 0.05) is 26.2 Å². The van der Waals surface area contributed by atoms with Gasteiger partial charge in [-0.1, -0.05) is 13.8 Å². The predicted octanol–water partition coefficient (Wildman–Crippen LogP) is 2.03. The first-order valence-electron chi connectivity index (χ1n) is 8.52. The third-order valence-corrected chi connectivity index (χ3v) is 4.30. The van der Waals surface area contributed by atoms with Gasteiger partial charge in [0.2, 0.25) is 0 Å². The summed E-state index contributed by atoms with van der Waals surface area (Å²) in [5, 5.41) is 3.39. The van der Waals surface area contributed by atoms with Crippen LogP contribution in [0.25, 0.3) is 0 Å². The summed E-state index contributed by atoms with van der Waals surface area (Å²) in [4.78, 5) is 2.55. The van der Waals surface area contributed by atoms with Crippen molar-refractivity contribution in [1.82, 2.24) is 10.2 Å². The second-order valence-corrected chi connectivity index (χ2v) is 6.16. The van der Waals surface area contributed by atoms with Gasteiger partial charge in [-0.25, -0.2) is 0 Å². The Morgan fingerprint density at radius 2 is 2.05 bits per heavy atom. The molecule has 2 heterocycles. The van der Waals surface area contributed by atoms with Gasteiger partial charge in [-0.2, -0.15) is 0 Å². The van der Waals surface area contributed by atoms with Gasteiger partial charge >= 0.3 is 0 Å². The van der Waals surface area contributed by atoms with E-state index in [2.05, 4.69) is 24.1 Å². The summed E-state index contributed by atoms with van der Waals surface area (Å²) >= 11 is 0. The number of rotatable bonds is 8. The van der Waals surface area contributed by atoms with E-state index in [4.69, 9.17) is 9.47 Å². The molecular formula is C16H32N2O2. The zero-order chi connectivity index (χ0) is 14.2. The Labute approximate surface area is 124 Å². The van der Waals surface area contributed by atoms with Crippen LogP contribution in [-0.4, -0.2) is 62.5 Å². The van der Waals surface area contributed by atoms with Gasteiger partial charge in [0.1, 0.15) is 0 Å². The highest BCUT2D eigenvalue weighted by atomic mass is 16.5. The van der Waals surface area contributed by atoms with Crippen molar-refractivity contribution in [2.24, 2.45) is 0 Å². The average molecular weight is 284 g/mol. The van der Waals surface area contributed by atoms with E-state index in [1.165, 1.54) is 32.2 Å². The second kappa shape index (κ2) is 8.98. The zero-order valence-electron chi connectivity index (χ0n) is 13.3. The molecule has 2 saturated heterocycles. The van der Waals surface area contributed by atoms with Crippen molar-refractivity contribution in [3.63, 3.8) is 0 Å². The summed E-state index contributed by atoms with van der Waals surface area (Å²) in [6.07, 6.45) is 7.35. The Kier molecular flexibility index (Phi) is 7.28. The number of hydrogen-bond acceptors (Lipinski definition) is 4. The normalized spacial score (nSPS) is 31.8. The maximum atomic E-state index is 6.14. The van der Waals surface area contributed by atoms with Gasteiger partial charge in [0.25, 0.3) is 0 Å².